The van der Waals surface area contributed by atoms with E-state index in [9.17, 15) is 4.79 Å². The summed E-state index contributed by atoms with van der Waals surface area (Å²) in [7, 11) is 0. The molecular weight excluding hydrogens is 278 g/mol. The number of likely N-dealkylation sites (tertiary alicyclic amines) is 1. The molecule has 1 aliphatic rings. The summed E-state index contributed by atoms with van der Waals surface area (Å²) >= 11 is 1.52. The lowest BCUT2D eigenvalue weighted by Gasteiger charge is -2.13. The molecule has 2 aromatic rings. The molecule has 8 heteroatoms. The van der Waals surface area contributed by atoms with E-state index < -0.39 is 6.09 Å². The van der Waals surface area contributed by atoms with Gasteiger partial charge in [0, 0.05) is 31.5 Å². The minimum absolute atomic E-state index is 0.0582. The predicted octanol–water partition coefficient (Wildman–Crippen LogP) is 1.76. The van der Waals surface area contributed by atoms with Crippen LogP contribution in [0, 0.1) is 0 Å². The van der Waals surface area contributed by atoms with Gasteiger partial charge in [-0.1, -0.05) is 0 Å². The number of nitrogens with zero attached hydrogens (tertiary/aromatic N) is 4. The minimum Gasteiger partial charge on any atom is -0.465 e. The molecule has 0 bridgehead atoms. The summed E-state index contributed by atoms with van der Waals surface area (Å²) in [6.07, 6.45) is 3.33. The number of thiazole rings is 1. The average molecular weight is 291 g/mol. The Kier molecular flexibility index (Phi) is 3.46. The second kappa shape index (κ2) is 5.41. The van der Waals surface area contributed by atoms with Crippen molar-refractivity contribution in [3.8, 4) is 10.6 Å². The number of aromatic nitrogens is 3. The zero-order valence-electron chi connectivity index (χ0n) is 10.6. The van der Waals surface area contributed by atoms with Crippen molar-refractivity contribution in [3.05, 3.63) is 24.0 Å². The largest absolute Gasteiger partial charge is 0.465 e. The Morgan fingerprint density at radius 1 is 1.55 bits per heavy atom. The van der Waals surface area contributed by atoms with Gasteiger partial charge in [-0.2, -0.15) is 0 Å². The zero-order valence-corrected chi connectivity index (χ0v) is 11.4. The van der Waals surface area contributed by atoms with Crippen LogP contribution in [0.4, 0.5) is 10.7 Å². The molecular formula is C12H13N5O2S. The molecule has 0 aliphatic carbocycles. The summed E-state index contributed by atoms with van der Waals surface area (Å²) in [4.78, 5) is 25.9. The fourth-order valence-corrected chi connectivity index (χ4v) is 2.73. The van der Waals surface area contributed by atoms with Gasteiger partial charge in [0.2, 0.25) is 5.95 Å². The van der Waals surface area contributed by atoms with Crippen LogP contribution in [-0.2, 0) is 0 Å². The van der Waals surface area contributed by atoms with Gasteiger partial charge in [0.05, 0.1) is 16.1 Å². The zero-order chi connectivity index (χ0) is 13.9. The summed E-state index contributed by atoms with van der Waals surface area (Å²) in [6.45, 7) is 1.00. The van der Waals surface area contributed by atoms with E-state index in [1.807, 2.05) is 6.07 Å². The first-order valence-electron chi connectivity index (χ1n) is 6.18. The maximum absolute atomic E-state index is 10.9. The Hall–Kier alpha value is -2.22. The highest BCUT2D eigenvalue weighted by Crippen LogP contribution is 2.22. The lowest BCUT2D eigenvalue weighted by Crippen LogP contribution is -2.30. The van der Waals surface area contributed by atoms with E-state index in [-0.39, 0.29) is 6.04 Å². The smallest absolute Gasteiger partial charge is 0.407 e. The molecule has 0 spiro atoms. The molecule has 20 heavy (non-hydrogen) atoms. The Morgan fingerprint density at radius 2 is 2.45 bits per heavy atom. The summed E-state index contributed by atoms with van der Waals surface area (Å²) in [5, 5.41) is 12.1. The third-order valence-corrected chi connectivity index (χ3v) is 3.93. The molecule has 3 heterocycles. The number of rotatable bonds is 3. The van der Waals surface area contributed by atoms with Gasteiger partial charge >= 0.3 is 6.09 Å². The normalized spacial score (nSPS) is 18.2. The number of hydrogen-bond acceptors (Lipinski definition) is 6. The first-order chi connectivity index (χ1) is 9.72. The summed E-state index contributed by atoms with van der Waals surface area (Å²) in [5.41, 5.74) is 2.57. The van der Waals surface area contributed by atoms with Crippen molar-refractivity contribution in [1.82, 2.24) is 19.9 Å². The van der Waals surface area contributed by atoms with E-state index in [0.717, 1.165) is 17.0 Å². The van der Waals surface area contributed by atoms with Crippen LogP contribution < -0.4 is 5.32 Å². The van der Waals surface area contributed by atoms with Crippen LogP contribution in [0.1, 0.15) is 6.42 Å². The van der Waals surface area contributed by atoms with Gasteiger partial charge in [0.1, 0.15) is 0 Å². The number of carbonyl (C=O) groups is 1. The van der Waals surface area contributed by atoms with E-state index in [4.69, 9.17) is 5.11 Å². The Balaban J connectivity index is 1.70. The van der Waals surface area contributed by atoms with Gasteiger partial charge in [0.15, 0.2) is 0 Å². The first kappa shape index (κ1) is 12.8. The highest BCUT2D eigenvalue weighted by molar-refractivity contribution is 7.13. The van der Waals surface area contributed by atoms with E-state index >= 15 is 0 Å². The lowest BCUT2D eigenvalue weighted by molar-refractivity contribution is 0.155. The maximum Gasteiger partial charge on any atom is 0.407 e. The van der Waals surface area contributed by atoms with E-state index in [1.165, 1.54) is 16.2 Å². The van der Waals surface area contributed by atoms with E-state index in [2.05, 4.69) is 20.3 Å². The van der Waals surface area contributed by atoms with Crippen LogP contribution in [-0.4, -0.2) is 50.2 Å². The molecule has 0 aromatic carbocycles. The van der Waals surface area contributed by atoms with Gasteiger partial charge in [-0.15, -0.1) is 11.3 Å². The van der Waals surface area contributed by atoms with Gasteiger partial charge in [0.25, 0.3) is 0 Å². The molecule has 0 radical (unpaired) electrons. The van der Waals surface area contributed by atoms with Gasteiger partial charge in [-0.3, -0.25) is 4.98 Å². The van der Waals surface area contributed by atoms with E-state index in [0.29, 0.717) is 19.0 Å². The molecule has 1 fully saturated rings. The van der Waals surface area contributed by atoms with Crippen molar-refractivity contribution >= 4 is 23.4 Å². The number of anilines is 1. The number of hydrogen-bond donors (Lipinski definition) is 2. The molecule has 1 saturated heterocycles. The van der Waals surface area contributed by atoms with Crippen molar-refractivity contribution in [1.29, 1.82) is 0 Å². The number of carboxylic acid groups (broad SMARTS) is 1. The third-order valence-electron chi connectivity index (χ3n) is 3.13. The molecule has 1 atom stereocenters. The molecule has 3 rings (SSSR count). The van der Waals surface area contributed by atoms with Crippen LogP contribution in [0.5, 0.6) is 0 Å². The van der Waals surface area contributed by atoms with Crippen molar-refractivity contribution in [2.24, 2.45) is 0 Å². The predicted molar refractivity (Wildman–Crippen MR) is 74.8 cm³/mol. The van der Waals surface area contributed by atoms with Crippen molar-refractivity contribution in [2.45, 2.75) is 12.5 Å². The van der Waals surface area contributed by atoms with Crippen LogP contribution >= 0.6 is 11.3 Å². The van der Waals surface area contributed by atoms with Gasteiger partial charge in [-0.25, -0.2) is 14.8 Å². The second-order valence-corrected chi connectivity index (χ2v) is 5.38. The topological polar surface area (TPSA) is 91.2 Å². The van der Waals surface area contributed by atoms with Crippen molar-refractivity contribution in [3.63, 3.8) is 0 Å². The van der Waals surface area contributed by atoms with Crippen LogP contribution in [0.15, 0.2) is 24.0 Å². The molecule has 0 saturated carbocycles. The van der Waals surface area contributed by atoms with Crippen molar-refractivity contribution < 1.29 is 9.90 Å². The fourth-order valence-electron chi connectivity index (χ4n) is 2.14. The Labute approximate surface area is 119 Å². The molecule has 2 N–H and O–H groups in total. The van der Waals surface area contributed by atoms with Crippen molar-refractivity contribution in [2.75, 3.05) is 18.4 Å². The Morgan fingerprint density at radius 3 is 3.15 bits per heavy atom. The van der Waals surface area contributed by atoms with Crippen LogP contribution in [0.2, 0.25) is 0 Å². The first-order valence-corrected chi connectivity index (χ1v) is 7.06. The maximum atomic E-state index is 10.9. The summed E-state index contributed by atoms with van der Waals surface area (Å²) in [5.74, 6) is 0.521. The molecule has 7 nitrogen and oxygen atoms in total. The van der Waals surface area contributed by atoms with Gasteiger partial charge < -0.3 is 15.3 Å². The van der Waals surface area contributed by atoms with Crippen LogP contribution in [0.25, 0.3) is 10.6 Å². The fraction of sp³-hybridized carbons (Fsp3) is 0.333. The SMILES string of the molecule is O=C(O)N1CC[C@@H](Nc2nccc(-c3cncs3)n2)C1. The standard InChI is InChI=1S/C12H13N5O2S/c18-12(19)17-4-2-8(6-17)15-11-14-3-1-9(16-11)10-5-13-7-20-10/h1,3,5,7-8H,2,4,6H2,(H,18,19)(H,14,15,16)/t8-/m1/s1. The third kappa shape index (κ3) is 2.69. The molecule has 0 unspecified atom stereocenters. The summed E-state index contributed by atoms with van der Waals surface area (Å²) in [6, 6.07) is 1.89. The minimum atomic E-state index is -0.881. The quantitative estimate of drug-likeness (QED) is 0.895. The Bertz CT molecular complexity index is 604. The average Bonchev–Trinajstić information content (AvgIpc) is 3.10. The van der Waals surface area contributed by atoms with Crippen LogP contribution in [0.3, 0.4) is 0 Å². The highest BCUT2D eigenvalue weighted by Gasteiger charge is 2.26. The number of amides is 1. The number of nitrogens with one attached hydrogen (secondary N) is 1. The molecule has 104 valence electrons. The van der Waals surface area contributed by atoms with Gasteiger partial charge in [-0.05, 0) is 12.5 Å². The summed E-state index contributed by atoms with van der Waals surface area (Å²) < 4.78 is 0. The van der Waals surface area contributed by atoms with E-state index in [1.54, 1.807) is 17.9 Å². The second-order valence-electron chi connectivity index (χ2n) is 4.49. The molecule has 1 aliphatic heterocycles. The monoisotopic (exact) mass is 291 g/mol. The lowest BCUT2D eigenvalue weighted by atomic mass is 10.3. The highest BCUT2D eigenvalue weighted by atomic mass is 32.1. The molecule has 1 amide bonds. The molecule has 2 aromatic heterocycles.